The van der Waals surface area contributed by atoms with Gasteiger partial charge in [0.05, 0.1) is 4.92 Å². The summed E-state index contributed by atoms with van der Waals surface area (Å²) in [7, 11) is 0. The Morgan fingerprint density at radius 2 is 2.20 bits per heavy atom. The molecule has 6 heteroatoms. The molecule has 1 aromatic rings. The van der Waals surface area contributed by atoms with Crippen LogP contribution in [0.4, 0.5) is 17.1 Å². The van der Waals surface area contributed by atoms with Crippen LogP contribution < -0.4 is 10.6 Å². The van der Waals surface area contributed by atoms with Crippen molar-refractivity contribution in [3.05, 3.63) is 28.3 Å². The molecule has 20 heavy (non-hydrogen) atoms. The Morgan fingerprint density at radius 1 is 1.45 bits per heavy atom. The molecule has 0 aliphatic heterocycles. The number of nitro groups is 1. The Balaban J connectivity index is 2.10. The second-order valence-corrected chi connectivity index (χ2v) is 5.07. The molecule has 108 valence electrons. The van der Waals surface area contributed by atoms with Crippen LogP contribution in [-0.4, -0.2) is 17.4 Å². The second-order valence-electron chi connectivity index (χ2n) is 5.07. The molecular formula is C14H19N3O3. The number of nitro benzene ring substituents is 1. The van der Waals surface area contributed by atoms with E-state index in [1.807, 2.05) is 0 Å². The van der Waals surface area contributed by atoms with E-state index in [0.717, 1.165) is 6.54 Å². The van der Waals surface area contributed by atoms with E-state index in [4.69, 9.17) is 0 Å². The van der Waals surface area contributed by atoms with Crippen molar-refractivity contribution in [1.29, 1.82) is 0 Å². The topological polar surface area (TPSA) is 84.3 Å². The number of amides is 1. The highest BCUT2D eigenvalue weighted by atomic mass is 16.6. The predicted molar refractivity (Wildman–Crippen MR) is 77.8 cm³/mol. The summed E-state index contributed by atoms with van der Waals surface area (Å²) in [6.45, 7) is 2.50. The number of rotatable bonds is 6. The number of hydrogen-bond donors (Lipinski definition) is 2. The van der Waals surface area contributed by atoms with Gasteiger partial charge in [-0.3, -0.25) is 14.9 Å². The molecule has 0 atom stereocenters. The Hall–Kier alpha value is -2.11. The number of carbonyl (C=O) groups excluding carboxylic acids is 1. The van der Waals surface area contributed by atoms with Crippen molar-refractivity contribution in [1.82, 2.24) is 0 Å². The third-order valence-electron chi connectivity index (χ3n) is 3.61. The summed E-state index contributed by atoms with van der Waals surface area (Å²) in [6.07, 6.45) is 3.96. The first kappa shape index (κ1) is 14.3. The normalized spacial score (nSPS) is 14.4. The van der Waals surface area contributed by atoms with Gasteiger partial charge in [0.25, 0.3) is 5.69 Å². The molecule has 0 unspecified atom stereocenters. The van der Waals surface area contributed by atoms with Gasteiger partial charge in [-0.2, -0.15) is 0 Å². The molecular weight excluding hydrogens is 258 g/mol. The van der Waals surface area contributed by atoms with Gasteiger partial charge < -0.3 is 10.6 Å². The van der Waals surface area contributed by atoms with Crippen LogP contribution in [0.1, 0.15) is 32.6 Å². The van der Waals surface area contributed by atoms with Gasteiger partial charge in [-0.05, 0) is 30.9 Å². The Kier molecular flexibility index (Phi) is 4.55. The maximum absolute atomic E-state index is 11.3. The van der Waals surface area contributed by atoms with Gasteiger partial charge in [0.15, 0.2) is 0 Å². The lowest BCUT2D eigenvalue weighted by Crippen LogP contribution is -2.21. The minimum atomic E-state index is -0.426. The van der Waals surface area contributed by atoms with E-state index in [2.05, 4.69) is 10.6 Å². The maximum Gasteiger partial charge on any atom is 0.294 e. The zero-order chi connectivity index (χ0) is 14.5. The number of nitrogens with zero attached hydrogens (tertiary/aromatic N) is 1. The number of nitrogens with one attached hydrogen (secondary N) is 2. The minimum absolute atomic E-state index is 0.00164. The number of benzene rings is 1. The zero-order valence-electron chi connectivity index (χ0n) is 11.5. The first-order valence-electron chi connectivity index (χ1n) is 6.92. The van der Waals surface area contributed by atoms with Crippen LogP contribution in [0.5, 0.6) is 0 Å². The summed E-state index contributed by atoms with van der Waals surface area (Å²) in [4.78, 5) is 22.0. The smallest absolute Gasteiger partial charge is 0.294 e. The summed E-state index contributed by atoms with van der Waals surface area (Å²) < 4.78 is 0. The van der Waals surface area contributed by atoms with E-state index in [-0.39, 0.29) is 11.6 Å². The van der Waals surface area contributed by atoms with Gasteiger partial charge in [0.2, 0.25) is 5.91 Å². The van der Waals surface area contributed by atoms with Crippen molar-refractivity contribution >= 4 is 23.0 Å². The fourth-order valence-corrected chi connectivity index (χ4v) is 2.11. The predicted octanol–water partition coefficient (Wildman–Crippen LogP) is 3.16. The van der Waals surface area contributed by atoms with Crippen molar-refractivity contribution in [2.24, 2.45) is 5.92 Å². The Bertz CT molecular complexity index is 512. The monoisotopic (exact) mass is 277 g/mol. The molecule has 0 saturated heterocycles. The quantitative estimate of drug-likeness (QED) is 0.618. The highest BCUT2D eigenvalue weighted by Gasteiger charge is 2.20. The van der Waals surface area contributed by atoms with E-state index in [1.54, 1.807) is 19.1 Å². The van der Waals surface area contributed by atoms with Gasteiger partial charge in [0, 0.05) is 24.7 Å². The number of carbonyl (C=O) groups is 1. The van der Waals surface area contributed by atoms with Gasteiger partial charge in [-0.25, -0.2) is 0 Å². The van der Waals surface area contributed by atoms with Gasteiger partial charge in [-0.15, -0.1) is 0 Å². The summed E-state index contributed by atoms with van der Waals surface area (Å²) in [6, 6.07) is 4.74. The largest absolute Gasteiger partial charge is 0.379 e. The van der Waals surface area contributed by atoms with Gasteiger partial charge >= 0.3 is 0 Å². The van der Waals surface area contributed by atoms with Crippen molar-refractivity contribution in [2.45, 2.75) is 32.6 Å². The lowest BCUT2D eigenvalue weighted by atomic mass is 9.85. The van der Waals surface area contributed by atoms with Crippen LogP contribution in [0.3, 0.4) is 0 Å². The average molecular weight is 277 g/mol. The summed E-state index contributed by atoms with van der Waals surface area (Å²) >= 11 is 0. The fraction of sp³-hybridized carbons (Fsp3) is 0.500. The lowest BCUT2D eigenvalue weighted by molar-refractivity contribution is -0.383. The van der Waals surface area contributed by atoms with E-state index < -0.39 is 4.92 Å². The standard InChI is InChI=1S/C14H19N3O3/c1-2-14(18)16-11-6-7-12(13(8-11)17(19)20)15-9-10-4-3-5-10/h6-8,10,15H,2-5,9H2,1H3,(H,16,18). The molecule has 1 aromatic carbocycles. The highest BCUT2D eigenvalue weighted by molar-refractivity contribution is 5.91. The molecule has 0 radical (unpaired) electrons. The van der Waals surface area contributed by atoms with E-state index >= 15 is 0 Å². The summed E-state index contributed by atoms with van der Waals surface area (Å²) in [5.74, 6) is 0.462. The van der Waals surface area contributed by atoms with Crippen LogP contribution >= 0.6 is 0 Å². The van der Waals surface area contributed by atoms with Gasteiger partial charge in [-0.1, -0.05) is 13.3 Å². The molecule has 1 amide bonds. The first-order valence-corrected chi connectivity index (χ1v) is 6.92. The fourth-order valence-electron chi connectivity index (χ4n) is 2.11. The molecule has 0 aromatic heterocycles. The summed E-state index contributed by atoms with van der Waals surface area (Å²) in [5.41, 5.74) is 0.965. The zero-order valence-corrected chi connectivity index (χ0v) is 11.5. The van der Waals surface area contributed by atoms with Crippen molar-refractivity contribution < 1.29 is 9.72 Å². The van der Waals surface area contributed by atoms with E-state index in [9.17, 15) is 14.9 Å². The average Bonchev–Trinajstić information content (AvgIpc) is 2.37. The van der Waals surface area contributed by atoms with E-state index in [0.29, 0.717) is 23.7 Å². The molecule has 0 heterocycles. The van der Waals surface area contributed by atoms with E-state index in [1.165, 1.54) is 25.3 Å². The number of anilines is 2. The molecule has 1 saturated carbocycles. The maximum atomic E-state index is 11.3. The molecule has 2 N–H and O–H groups in total. The molecule has 2 rings (SSSR count). The van der Waals surface area contributed by atoms with Crippen LogP contribution in [0.2, 0.25) is 0 Å². The van der Waals surface area contributed by atoms with Crippen molar-refractivity contribution in [3.8, 4) is 0 Å². The third kappa shape index (κ3) is 3.46. The molecule has 1 fully saturated rings. The summed E-state index contributed by atoms with van der Waals surface area (Å²) in [5, 5.41) is 16.9. The van der Waals surface area contributed by atoms with Crippen LogP contribution in [0.15, 0.2) is 18.2 Å². The molecule has 1 aliphatic rings. The minimum Gasteiger partial charge on any atom is -0.379 e. The van der Waals surface area contributed by atoms with Crippen molar-refractivity contribution in [3.63, 3.8) is 0 Å². The Labute approximate surface area is 117 Å². The van der Waals surface area contributed by atoms with Crippen LogP contribution in [-0.2, 0) is 4.79 Å². The molecule has 6 nitrogen and oxygen atoms in total. The van der Waals surface area contributed by atoms with Crippen LogP contribution in [0, 0.1) is 16.0 Å². The lowest BCUT2D eigenvalue weighted by Gasteiger charge is -2.25. The molecule has 0 bridgehead atoms. The van der Waals surface area contributed by atoms with Gasteiger partial charge in [0.1, 0.15) is 5.69 Å². The highest BCUT2D eigenvalue weighted by Crippen LogP contribution is 2.31. The molecule has 1 aliphatic carbocycles. The number of hydrogen-bond acceptors (Lipinski definition) is 4. The third-order valence-corrected chi connectivity index (χ3v) is 3.61. The van der Waals surface area contributed by atoms with Crippen LogP contribution in [0.25, 0.3) is 0 Å². The Morgan fingerprint density at radius 3 is 2.75 bits per heavy atom. The first-order chi connectivity index (χ1) is 9.60. The second kappa shape index (κ2) is 6.36. The SMILES string of the molecule is CCC(=O)Nc1ccc(NCC2CCC2)c([N+](=O)[O-])c1. The van der Waals surface area contributed by atoms with Crippen molar-refractivity contribution in [2.75, 3.05) is 17.2 Å². The molecule has 0 spiro atoms.